The molecule has 0 spiro atoms. The molecule has 0 amide bonds. The largest absolute Gasteiger partial charge is 0.403 e. The molecule has 0 aromatic rings. The Bertz CT molecular complexity index is 529. The Labute approximate surface area is 151 Å². The number of halogens is 6. The van der Waals surface area contributed by atoms with Gasteiger partial charge in [-0.2, -0.15) is 26.3 Å². The molecule has 4 atom stereocenters. The van der Waals surface area contributed by atoms with E-state index < -0.39 is 29.6 Å². The second-order valence-corrected chi connectivity index (χ2v) is 8.34. The van der Waals surface area contributed by atoms with E-state index in [1.54, 1.807) is 13.8 Å². The molecule has 1 nitrogen and oxygen atoms in total. The van der Waals surface area contributed by atoms with Gasteiger partial charge in [0, 0.05) is 12.8 Å². The molecule has 7 heteroatoms. The van der Waals surface area contributed by atoms with Gasteiger partial charge in [-0.1, -0.05) is 26.7 Å². The third-order valence-corrected chi connectivity index (χ3v) is 6.44. The van der Waals surface area contributed by atoms with Crippen LogP contribution in [0.4, 0.5) is 26.3 Å². The van der Waals surface area contributed by atoms with Crippen molar-refractivity contribution in [3.05, 3.63) is 0 Å². The first-order chi connectivity index (χ1) is 11.9. The van der Waals surface area contributed by atoms with E-state index in [4.69, 9.17) is 0 Å². The monoisotopic (exact) mass is 384 g/mol. The van der Waals surface area contributed by atoms with Crippen LogP contribution in [0.1, 0.15) is 65.2 Å². The summed E-state index contributed by atoms with van der Waals surface area (Å²) in [5.74, 6) is -3.25. The molecule has 2 fully saturated rings. The Morgan fingerprint density at radius 2 is 1.38 bits per heavy atom. The van der Waals surface area contributed by atoms with Gasteiger partial charge in [-0.15, -0.1) is 4.67 Å². The Hall–Kier alpha value is -0.970. The highest BCUT2D eigenvalue weighted by molar-refractivity contribution is 5.84. The molecule has 0 aliphatic heterocycles. The summed E-state index contributed by atoms with van der Waals surface area (Å²) in [5.41, 5.74) is -3.00. The molecule has 0 N–H and O–H groups in total. The first-order valence-electron chi connectivity index (χ1n) is 9.38. The Balaban J connectivity index is 2.56. The van der Waals surface area contributed by atoms with Crippen molar-refractivity contribution < 1.29 is 26.3 Å². The van der Waals surface area contributed by atoms with Gasteiger partial charge in [0.05, 0.1) is 0 Å². The summed E-state index contributed by atoms with van der Waals surface area (Å²) < 4.78 is 89.3. The summed E-state index contributed by atoms with van der Waals surface area (Å²) in [6, 6.07) is 0. The van der Waals surface area contributed by atoms with Gasteiger partial charge in [-0.05, 0) is 49.4 Å². The summed E-state index contributed by atoms with van der Waals surface area (Å²) in [6.45, 7) is 6.88. The van der Waals surface area contributed by atoms with E-state index in [0.29, 0.717) is 25.0 Å². The molecule has 0 heterocycles. The minimum Gasteiger partial charge on any atom is -0.170 e. The lowest BCUT2D eigenvalue weighted by molar-refractivity contribution is -0.381. The van der Waals surface area contributed by atoms with E-state index in [2.05, 4.69) is 11.4 Å². The van der Waals surface area contributed by atoms with Crippen molar-refractivity contribution >= 4 is 12.4 Å². The Kier molecular flexibility index (Phi) is 6.21. The van der Waals surface area contributed by atoms with Gasteiger partial charge in [0.25, 0.3) is 12.4 Å². The van der Waals surface area contributed by atoms with Gasteiger partial charge in [-0.25, -0.2) is 0 Å². The van der Waals surface area contributed by atoms with Crippen LogP contribution in [-0.4, -0.2) is 24.8 Å². The standard InChI is InChI=1S/C19H28F6N/c1-12-5-4-6-14(9-12)17(18(20,21)22,19(23,24)25)15-7-8-16(26-3)11-13(2)10-15/h12-15H,3-11H2,1-2H3/q+1. The zero-order valence-corrected chi connectivity index (χ0v) is 15.4. The van der Waals surface area contributed by atoms with Gasteiger partial charge in [0.2, 0.25) is 0 Å². The highest BCUT2D eigenvalue weighted by Gasteiger charge is 2.76. The number of alkyl halides is 6. The molecule has 0 aromatic heterocycles. The van der Waals surface area contributed by atoms with Gasteiger partial charge >= 0.3 is 12.4 Å². The van der Waals surface area contributed by atoms with Gasteiger partial charge in [0.15, 0.2) is 5.41 Å². The molecule has 2 aliphatic carbocycles. The highest BCUT2D eigenvalue weighted by Crippen LogP contribution is 2.64. The first kappa shape index (κ1) is 21.3. The van der Waals surface area contributed by atoms with Crippen molar-refractivity contribution in [3.8, 4) is 0 Å². The lowest BCUT2D eigenvalue weighted by Gasteiger charge is -2.50. The normalized spacial score (nSPS) is 32.1. The number of rotatable bonds is 2. The van der Waals surface area contributed by atoms with Crippen molar-refractivity contribution in [3.63, 3.8) is 0 Å². The van der Waals surface area contributed by atoms with E-state index in [1.807, 2.05) is 0 Å². The summed E-state index contributed by atoms with van der Waals surface area (Å²) in [7, 11) is 0. The topological polar surface area (TPSA) is 14.1 Å². The molecule has 26 heavy (non-hydrogen) atoms. The Morgan fingerprint density at radius 1 is 0.846 bits per heavy atom. The second kappa shape index (κ2) is 7.57. The third kappa shape index (κ3) is 3.83. The van der Waals surface area contributed by atoms with E-state index in [9.17, 15) is 26.3 Å². The molecule has 2 rings (SSSR count). The average Bonchev–Trinajstić information content (AvgIpc) is 2.66. The molecule has 150 valence electrons. The maximum atomic E-state index is 14.2. The maximum absolute atomic E-state index is 14.2. The summed E-state index contributed by atoms with van der Waals surface area (Å²) in [6.07, 6.45) is -9.17. The Morgan fingerprint density at radius 3 is 1.88 bits per heavy atom. The molecule has 4 unspecified atom stereocenters. The van der Waals surface area contributed by atoms with Crippen LogP contribution in [0, 0.1) is 29.1 Å². The van der Waals surface area contributed by atoms with Crippen LogP contribution < -0.4 is 4.67 Å². The maximum Gasteiger partial charge on any atom is 0.403 e. The van der Waals surface area contributed by atoms with E-state index >= 15 is 0 Å². The summed E-state index contributed by atoms with van der Waals surface area (Å²) in [4.78, 5) is 0. The highest BCUT2D eigenvalue weighted by atomic mass is 19.4. The van der Waals surface area contributed by atoms with Crippen molar-refractivity contribution in [2.45, 2.75) is 77.6 Å². The molecule has 2 saturated carbocycles. The zero-order chi connectivity index (χ0) is 19.8. The van der Waals surface area contributed by atoms with Crippen LogP contribution in [0.5, 0.6) is 0 Å². The van der Waals surface area contributed by atoms with Crippen LogP contribution in [0.2, 0.25) is 0 Å². The fourth-order valence-electron chi connectivity index (χ4n) is 5.36. The SMILES string of the molecule is C=[N+]=C1CCC(C(C2CCCC(C)C2)(C(F)(F)F)C(F)(F)F)CC(C)C1. The van der Waals surface area contributed by atoms with Crippen LogP contribution in [0.15, 0.2) is 0 Å². The van der Waals surface area contributed by atoms with Gasteiger partial charge in [-0.3, -0.25) is 0 Å². The second-order valence-electron chi connectivity index (χ2n) is 8.34. The first-order valence-corrected chi connectivity index (χ1v) is 9.38. The lowest BCUT2D eigenvalue weighted by atomic mass is 9.57. The fraction of sp³-hybridized carbons (Fsp3) is 0.895. The van der Waals surface area contributed by atoms with Crippen molar-refractivity contribution in [2.75, 3.05) is 0 Å². The van der Waals surface area contributed by atoms with Gasteiger partial charge < -0.3 is 0 Å². The molecule has 2 aliphatic rings. The number of hydrogen-bond acceptors (Lipinski definition) is 0. The predicted octanol–water partition coefficient (Wildman–Crippen LogP) is 5.96. The summed E-state index contributed by atoms with van der Waals surface area (Å²) in [5, 5.41) is 0. The van der Waals surface area contributed by atoms with Crippen molar-refractivity contribution in [1.29, 1.82) is 0 Å². The van der Waals surface area contributed by atoms with Crippen molar-refractivity contribution in [2.24, 2.45) is 29.1 Å². The lowest BCUT2D eigenvalue weighted by Crippen LogP contribution is -2.60. The van der Waals surface area contributed by atoms with E-state index in [0.717, 1.165) is 0 Å². The third-order valence-electron chi connectivity index (χ3n) is 6.44. The van der Waals surface area contributed by atoms with E-state index in [-0.39, 0.29) is 43.9 Å². The van der Waals surface area contributed by atoms with Crippen LogP contribution in [0.3, 0.4) is 0 Å². The number of nitrogens with zero attached hydrogens (tertiary/aromatic N) is 1. The summed E-state index contributed by atoms with van der Waals surface area (Å²) >= 11 is 0. The van der Waals surface area contributed by atoms with Crippen molar-refractivity contribution in [1.82, 2.24) is 4.67 Å². The molecule has 0 aromatic carbocycles. The zero-order valence-electron chi connectivity index (χ0n) is 15.4. The minimum atomic E-state index is -5.32. The molecular formula is C19H28F6N+. The molecule has 0 saturated heterocycles. The minimum absolute atomic E-state index is 0.00940. The quantitative estimate of drug-likeness (QED) is 0.241. The van der Waals surface area contributed by atoms with Crippen LogP contribution >= 0.6 is 0 Å². The smallest absolute Gasteiger partial charge is 0.170 e. The fourth-order valence-corrected chi connectivity index (χ4v) is 5.36. The average molecular weight is 384 g/mol. The van der Waals surface area contributed by atoms with Gasteiger partial charge in [0.1, 0.15) is 0 Å². The molecule has 0 bridgehead atoms. The van der Waals surface area contributed by atoms with E-state index in [1.165, 1.54) is 0 Å². The van der Waals surface area contributed by atoms with Crippen LogP contribution in [0.25, 0.3) is 0 Å². The van der Waals surface area contributed by atoms with Crippen LogP contribution in [-0.2, 0) is 0 Å². The molecule has 0 radical (unpaired) electrons. The predicted molar refractivity (Wildman–Crippen MR) is 91.0 cm³/mol. The number of hydrogen-bond donors (Lipinski definition) is 0. The molecular weight excluding hydrogens is 356 g/mol.